The summed E-state index contributed by atoms with van der Waals surface area (Å²) in [6.07, 6.45) is -3.36. The molecule has 5 nitrogen and oxygen atoms in total. The zero-order valence-corrected chi connectivity index (χ0v) is 9.38. The molecule has 0 fully saturated rings. The molecule has 0 bridgehead atoms. The molecule has 0 atom stereocenters. The van der Waals surface area contributed by atoms with E-state index >= 15 is 0 Å². The van der Waals surface area contributed by atoms with E-state index in [1.54, 1.807) is 0 Å². The molecule has 2 heterocycles. The molecule has 0 aliphatic heterocycles. The zero-order chi connectivity index (χ0) is 12.8. The number of nitrogens with zero attached hydrogens (tertiary/aromatic N) is 3. The Hall–Kier alpha value is -1.35. The quantitative estimate of drug-likeness (QED) is 0.748. The number of alkyl halides is 3. The molecule has 2 aromatic rings. The van der Waals surface area contributed by atoms with Gasteiger partial charge in [-0.1, -0.05) is 0 Å². The Morgan fingerprint density at radius 1 is 1.35 bits per heavy atom. The van der Waals surface area contributed by atoms with E-state index in [-0.39, 0.29) is 5.65 Å². The van der Waals surface area contributed by atoms with Crippen molar-refractivity contribution in [1.82, 2.24) is 14.6 Å². The van der Waals surface area contributed by atoms with Gasteiger partial charge >= 0.3 is 6.18 Å². The van der Waals surface area contributed by atoms with E-state index in [0.29, 0.717) is 16.9 Å². The first-order chi connectivity index (χ1) is 7.68. The number of halogens is 4. The van der Waals surface area contributed by atoms with Crippen LogP contribution < -0.4 is 0 Å². The number of fused-ring (bicyclic) bond motifs is 1. The normalized spacial score (nSPS) is 13.2. The fraction of sp³-hybridized carbons (Fsp3) is 0.143. The Bertz CT molecular complexity index is 679. The predicted octanol–water partition coefficient (Wildman–Crippen LogP) is 1.68. The molecule has 0 aromatic carbocycles. The molecule has 0 radical (unpaired) electrons. The maximum atomic E-state index is 12.3. The minimum absolute atomic E-state index is 0.0442. The van der Waals surface area contributed by atoms with Crippen molar-refractivity contribution in [1.29, 1.82) is 0 Å². The Morgan fingerprint density at radius 2 is 2.00 bits per heavy atom. The van der Waals surface area contributed by atoms with Crippen LogP contribution in [-0.2, 0) is 15.2 Å². The second-order valence-electron chi connectivity index (χ2n) is 3.06. The molecule has 0 unspecified atom stereocenters. The summed E-state index contributed by atoms with van der Waals surface area (Å²) in [7, 11) is 0.912. The van der Waals surface area contributed by atoms with Crippen molar-refractivity contribution in [3.8, 4) is 0 Å². The van der Waals surface area contributed by atoms with Gasteiger partial charge in [-0.15, -0.1) is 0 Å². The average Bonchev–Trinajstić information content (AvgIpc) is 2.57. The Kier molecular flexibility index (Phi) is 2.54. The van der Waals surface area contributed by atoms with Gasteiger partial charge in [0.1, 0.15) is 0 Å². The van der Waals surface area contributed by atoms with E-state index in [4.69, 9.17) is 10.7 Å². The van der Waals surface area contributed by atoms with Crippen LogP contribution in [0.1, 0.15) is 5.56 Å². The second kappa shape index (κ2) is 3.57. The Labute approximate surface area is 97.3 Å². The smallest absolute Gasteiger partial charge is 0.236 e. The van der Waals surface area contributed by atoms with Crippen LogP contribution in [0, 0.1) is 0 Å². The van der Waals surface area contributed by atoms with Crippen LogP contribution in [0.25, 0.3) is 5.65 Å². The number of rotatable bonds is 1. The summed E-state index contributed by atoms with van der Waals surface area (Å²) in [5.74, 6) is 0. The first kappa shape index (κ1) is 12.1. The van der Waals surface area contributed by atoms with E-state index in [2.05, 4.69) is 10.1 Å². The lowest BCUT2D eigenvalue weighted by molar-refractivity contribution is -0.138. The monoisotopic (exact) mass is 285 g/mol. The second-order valence-corrected chi connectivity index (χ2v) is 5.58. The van der Waals surface area contributed by atoms with Gasteiger partial charge in [0, 0.05) is 29.1 Å². The molecule has 0 N–H and O–H groups in total. The molecule has 10 heteroatoms. The molecular formula is C7H3ClF3N3O2S. The van der Waals surface area contributed by atoms with Gasteiger partial charge in [-0.2, -0.15) is 18.3 Å². The van der Waals surface area contributed by atoms with Crippen LogP contribution in [0.2, 0.25) is 0 Å². The zero-order valence-electron chi connectivity index (χ0n) is 7.81. The van der Waals surface area contributed by atoms with Crippen LogP contribution in [-0.4, -0.2) is 23.0 Å². The van der Waals surface area contributed by atoms with Crippen LogP contribution in [0.15, 0.2) is 23.5 Å². The molecule has 0 saturated heterocycles. The van der Waals surface area contributed by atoms with Crippen molar-refractivity contribution in [3.63, 3.8) is 0 Å². The lowest BCUT2D eigenvalue weighted by Gasteiger charge is -2.04. The fourth-order valence-corrected chi connectivity index (χ4v) is 1.78. The highest BCUT2D eigenvalue weighted by atomic mass is 35.7. The van der Waals surface area contributed by atoms with Gasteiger partial charge < -0.3 is 0 Å². The lowest BCUT2D eigenvalue weighted by Crippen LogP contribution is -2.07. The number of aromatic nitrogens is 3. The van der Waals surface area contributed by atoms with Gasteiger partial charge in [-0.05, 0) is 0 Å². The molecule has 0 saturated carbocycles. The molecular weight excluding hydrogens is 283 g/mol. The molecule has 0 amide bonds. The highest BCUT2D eigenvalue weighted by Gasteiger charge is 2.31. The van der Waals surface area contributed by atoms with Gasteiger partial charge in [0.15, 0.2) is 10.7 Å². The fourth-order valence-electron chi connectivity index (χ4n) is 1.12. The highest BCUT2D eigenvalue weighted by molar-refractivity contribution is 8.13. The number of hydrogen-bond donors (Lipinski definition) is 0. The van der Waals surface area contributed by atoms with Crippen molar-refractivity contribution in [3.05, 3.63) is 24.0 Å². The van der Waals surface area contributed by atoms with Crippen molar-refractivity contribution >= 4 is 25.4 Å². The Morgan fingerprint density at radius 3 is 2.53 bits per heavy atom. The van der Waals surface area contributed by atoms with Gasteiger partial charge in [0.05, 0.1) is 5.56 Å². The van der Waals surface area contributed by atoms with Crippen molar-refractivity contribution in [2.75, 3.05) is 0 Å². The third-order valence-electron chi connectivity index (χ3n) is 1.87. The van der Waals surface area contributed by atoms with Crippen molar-refractivity contribution in [2.24, 2.45) is 0 Å². The molecule has 17 heavy (non-hydrogen) atoms. The third kappa shape index (κ3) is 2.34. The van der Waals surface area contributed by atoms with Crippen molar-refractivity contribution in [2.45, 2.75) is 11.2 Å². The van der Waals surface area contributed by atoms with Crippen LogP contribution in [0.4, 0.5) is 13.2 Å². The summed E-state index contributed by atoms with van der Waals surface area (Å²) in [6.45, 7) is 0. The van der Waals surface area contributed by atoms with E-state index in [1.807, 2.05) is 0 Å². The highest BCUT2D eigenvalue weighted by Crippen LogP contribution is 2.28. The molecule has 0 aliphatic rings. The largest absolute Gasteiger partial charge is 0.419 e. The van der Waals surface area contributed by atoms with Crippen LogP contribution in [0.5, 0.6) is 0 Å². The summed E-state index contributed by atoms with van der Waals surface area (Å²) in [5.41, 5.74) is -1.08. The van der Waals surface area contributed by atoms with Crippen LogP contribution >= 0.6 is 10.7 Å². The maximum Gasteiger partial charge on any atom is 0.419 e. The maximum absolute atomic E-state index is 12.3. The SMILES string of the molecule is O=S(=O)(Cl)c1cc2ncc(C(F)(F)F)cn2n1. The molecule has 92 valence electrons. The molecule has 0 spiro atoms. The molecule has 0 aliphatic carbocycles. The van der Waals surface area contributed by atoms with Gasteiger partial charge in [-0.25, -0.2) is 17.9 Å². The van der Waals surface area contributed by atoms with E-state index in [1.165, 1.54) is 0 Å². The Balaban J connectivity index is 2.64. The first-order valence-electron chi connectivity index (χ1n) is 4.05. The topological polar surface area (TPSA) is 64.3 Å². The summed E-state index contributed by atoms with van der Waals surface area (Å²) in [4.78, 5) is 3.44. The standard InChI is InChI=1S/C7H3ClF3N3O2S/c8-17(15,16)6-1-5-12-2-4(7(9,10)11)3-14(5)13-6/h1-3H. The van der Waals surface area contributed by atoms with Crippen molar-refractivity contribution < 1.29 is 21.6 Å². The first-order valence-corrected chi connectivity index (χ1v) is 6.36. The van der Waals surface area contributed by atoms with Gasteiger partial charge in [0.2, 0.25) is 0 Å². The minimum Gasteiger partial charge on any atom is -0.236 e. The third-order valence-corrected chi connectivity index (χ3v) is 3.04. The van der Waals surface area contributed by atoms with E-state index in [9.17, 15) is 21.6 Å². The van der Waals surface area contributed by atoms with E-state index in [0.717, 1.165) is 6.07 Å². The average molecular weight is 286 g/mol. The minimum atomic E-state index is -4.58. The summed E-state index contributed by atoms with van der Waals surface area (Å²) in [6, 6.07) is 0.975. The van der Waals surface area contributed by atoms with Gasteiger partial charge in [0.25, 0.3) is 9.05 Å². The van der Waals surface area contributed by atoms with Gasteiger partial charge in [-0.3, -0.25) is 0 Å². The summed E-state index contributed by atoms with van der Waals surface area (Å²) >= 11 is 0. The molecule has 2 rings (SSSR count). The van der Waals surface area contributed by atoms with Crippen LogP contribution in [0.3, 0.4) is 0 Å². The summed E-state index contributed by atoms with van der Waals surface area (Å²) < 4.78 is 59.5. The number of hydrogen-bond acceptors (Lipinski definition) is 4. The van der Waals surface area contributed by atoms with E-state index < -0.39 is 25.8 Å². The lowest BCUT2D eigenvalue weighted by atomic mass is 10.3. The molecule has 2 aromatic heterocycles. The predicted molar refractivity (Wildman–Crippen MR) is 51.0 cm³/mol. The summed E-state index contributed by atoms with van der Waals surface area (Å²) in [5, 5.41) is 2.84.